The maximum Gasteiger partial charge on any atom is 0.256 e. The zero-order valence-corrected chi connectivity index (χ0v) is 16.5. The molecule has 1 N–H and O–H groups in total. The van der Waals surface area contributed by atoms with Gasteiger partial charge in [-0.1, -0.05) is 54.1 Å². The summed E-state index contributed by atoms with van der Waals surface area (Å²) in [5.74, 6) is 1.10. The van der Waals surface area contributed by atoms with E-state index in [1.54, 1.807) is 6.20 Å². The number of hydrogen-bond acceptors (Lipinski definition) is 5. The van der Waals surface area contributed by atoms with Crippen LogP contribution >= 0.6 is 0 Å². The Balaban J connectivity index is 1.63. The molecule has 2 heterocycles. The minimum Gasteiger partial charge on any atom is -0.378 e. The van der Waals surface area contributed by atoms with Gasteiger partial charge in [0.15, 0.2) is 5.82 Å². The Morgan fingerprint density at radius 1 is 1.10 bits per heavy atom. The fraction of sp³-hybridized carbons (Fsp3) is 0.261. The van der Waals surface area contributed by atoms with Crippen molar-refractivity contribution in [2.45, 2.75) is 13.5 Å². The summed E-state index contributed by atoms with van der Waals surface area (Å²) in [7, 11) is 0. The number of carbonyl (C=O) groups excluding carboxylic acids is 1. The Hall–Kier alpha value is -3.25. The molecule has 1 saturated heterocycles. The summed E-state index contributed by atoms with van der Waals surface area (Å²) in [5.41, 5.74) is 3.62. The minimum atomic E-state index is -0.175. The van der Waals surface area contributed by atoms with Crippen LogP contribution < -0.4 is 10.2 Å². The van der Waals surface area contributed by atoms with Crippen LogP contribution in [0.5, 0.6) is 0 Å². The van der Waals surface area contributed by atoms with E-state index in [0.29, 0.717) is 50.1 Å². The number of aryl methyl sites for hydroxylation is 1. The molecule has 0 spiro atoms. The number of benzene rings is 2. The van der Waals surface area contributed by atoms with E-state index in [0.717, 1.165) is 16.7 Å². The summed E-state index contributed by atoms with van der Waals surface area (Å²) in [5, 5.41) is 2.99. The minimum absolute atomic E-state index is 0.175. The lowest BCUT2D eigenvalue weighted by atomic mass is 10.1. The maximum atomic E-state index is 12.9. The first-order valence-electron chi connectivity index (χ1n) is 9.79. The molecular weight excluding hydrogens is 364 g/mol. The van der Waals surface area contributed by atoms with Gasteiger partial charge >= 0.3 is 0 Å². The van der Waals surface area contributed by atoms with Crippen LogP contribution in [0.3, 0.4) is 0 Å². The summed E-state index contributed by atoms with van der Waals surface area (Å²) in [6.45, 7) is 5.13. The average Bonchev–Trinajstić information content (AvgIpc) is 2.78. The highest BCUT2D eigenvalue weighted by atomic mass is 16.5. The predicted molar refractivity (Wildman–Crippen MR) is 113 cm³/mol. The molecule has 1 amide bonds. The molecule has 2 aromatic carbocycles. The van der Waals surface area contributed by atoms with Crippen LogP contribution in [0, 0.1) is 6.92 Å². The van der Waals surface area contributed by atoms with Crippen LogP contribution in [0.1, 0.15) is 21.5 Å². The molecule has 0 saturated carbocycles. The highest BCUT2D eigenvalue weighted by Crippen LogP contribution is 2.24. The molecule has 6 nitrogen and oxygen atoms in total. The first-order valence-corrected chi connectivity index (χ1v) is 9.79. The molecule has 1 aliphatic rings. The van der Waals surface area contributed by atoms with E-state index in [1.807, 2.05) is 61.5 Å². The Morgan fingerprint density at radius 2 is 1.90 bits per heavy atom. The molecule has 3 aromatic rings. The Bertz CT molecular complexity index is 985. The van der Waals surface area contributed by atoms with E-state index in [2.05, 4.69) is 15.2 Å². The molecule has 0 aliphatic carbocycles. The number of anilines is 1. The third-order valence-electron chi connectivity index (χ3n) is 4.90. The molecule has 0 radical (unpaired) electrons. The van der Waals surface area contributed by atoms with Crippen molar-refractivity contribution >= 4 is 11.7 Å². The Morgan fingerprint density at radius 3 is 2.66 bits per heavy atom. The van der Waals surface area contributed by atoms with Gasteiger partial charge in [-0.05, 0) is 18.6 Å². The maximum absolute atomic E-state index is 12.9. The number of nitrogens with zero attached hydrogens (tertiary/aromatic N) is 3. The van der Waals surface area contributed by atoms with Gasteiger partial charge in [0.25, 0.3) is 5.91 Å². The van der Waals surface area contributed by atoms with E-state index in [1.165, 1.54) is 0 Å². The zero-order valence-electron chi connectivity index (χ0n) is 16.5. The fourth-order valence-electron chi connectivity index (χ4n) is 3.35. The second-order valence-corrected chi connectivity index (χ2v) is 7.07. The monoisotopic (exact) mass is 388 g/mol. The van der Waals surface area contributed by atoms with Gasteiger partial charge in [-0.3, -0.25) is 4.79 Å². The number of aromatic nitrogens is 2. The number of ether oxygens (including phenoxy) is 1. The number of rotatable bonds is 5. The number of nitrogens with one attached hydrogen (secondary N) is 1. The molecular formula is C23H24N4O2. The molecule has 1 aliphatic heterocycles. The smallest absolute Gasteiger partial charge is 0.256 e. The van der Waals surface area contributed by atoms with Crippen molar-refractivity contribution in [2.75, 3.05) is 31.2 Å². The lowest BCUT2D eigenvalue weighted by molar-refractivity contribution is 0.0948. The van der Waals surface area contributed by atoms with E-state index < -0.39 is 0 Å². The van der Waals surface area contributed by atoms with Gasteiger partial charge in [0.2, 0.25) is 0 Å². The van der Waals surface area contributed by atoms with Gasteiger partial charge in [-0.2, -0.15) is 0 Å². The zero-order chi connectivity index (χ0) is 20.1. The quantitative estimate of drug-likeness (QED) is 0.727. The van der Waals surface area contributed by atoms with Crippen LogP contribution in [-0.2, 0) is 11.3 Å². The summed E-state index contributed by atoms with van der Waals surface area (Å²) in [6.07, 6.45) is 1.63. The second-order valence-electron chi connectivity index (χ2n) is 7.07. The summed E-state index contributed by atoms with van der Waals surface area (Å²) in [6, 6.07) is 17.9. The standard InChI is InChI=1S/C23H24N4O2/c1-17-6-5-9-19(14-17)21-24-16-20(22(26-21)27-10-12-29-13-11-27)23(28)25-15-18-7-3-2-4-8-18/h2-9,14,16H,10-13,15H2,1H3,(H,25,28). The molecule has 0 bridgehead atoms. The third-order valence-corrected chi connectivity index (χ3v) is 4.90. The van der Waals surface area contributed by atoms with Gasteiger partial charge in [0.05, 0.1) is 13.2 Å². The van der Waals surface area contributed by atoms with E-state index in [4.69, 9.17) is 9.72 Å². The molecule has 1 fully saturated rings. The van der Waals surface area contributed by atoms with Crippen molar-refractivity contribution in [1.82, 2.24) is 15.3 Å². The fourth-order valence-corrected chi connectivity index (χ4v) is 3.35. The van der Waals surface area contributed by atoms with Gasteiger partial charge < -0.3 is 15.0 Å². The van der Waals surface area contributed by atoms with E-state index in [-0.39, 0.29) is 5.91 Å². The first kappa shape index (κ1) is 19.1. The molecule has 0 unspecified atom stereocenters. The Kier molecular flexibility index (Phi) is 5.81. The van der Waals surface area contributed by atoms with Crippen molar-refractivity contribution in [3.63, 3.8) is 0 Å². The molecule has 1 aromatic heterocycles. The lowest BCUT2D eigenvalue weighted by Gasteiger charge is -2.29. The van der Waals surface area contributed by atoms with Crippen molar-refractivity contribution in [2.24, 2.45) is 0 Å². The van der Waals surface area contributed by atoms with Crippen LogP contribution in [0.25, 0.3) is 11.4 Å². The molecule has 0 atom stereocenters. The van der Waals surface area contributed by atoms with Gasteiger partial charge in [-0.15, -0.1) is 0 Å². The van der Waals surface area contributed by atoms with Crippen molar-refractivity contribution in [1.29, 1.82) is 0 Å². The number of carbonyl (C=O) groups is 1. The highest BCUT2D eigenvalue weighted by molar-refractivity contribution is 5.98. The molecule has 148 valence electrons. The van der Waals surface area contributed by atoms with Gasteiger partial charge in [-0.25, -0.2) is 9.97 Å². The highest BCUT2D eigenvalue weighted by Gasteiger charge is 2.22. The number of amides is 1. The summed E-state index contributed by atoms with van der Waals surface area (Å²) >= 11 is 0. The molecule has 6 heteroatoms. The number of hydrogen-bond donors (Lipinski definition) is 1. The normalized spacial score (nSPS) is 13.9. The first-order chi connectivity index (χ1) is 14.2. The van der Waals surface area contributed by atoms with Crippen LogP contribution in [-0.4, -0.2) is 42.2 Å². The number of morpholine rings is 1. The summed E-state index contributed by atoms with van der Waals surface area (Å²) in [4.78, 5) is 24.3. The van der Waals surface area contributed by atoms with Crippen LogP contribution in [0.15, 0.2) is 60.8 Å². The average molecular weight is 388 g/mol. The topological polar surface area (TPSA) is 67.4 Å². The third kappa shape index (κ3) is 4.60. The molecule has 29 heavy (non-hydrogen) atoms. The van der Waals surface area contributed by atoms with Crippen molar-refractivity contribution < 1.29 is 9.53 Å². The summed E-state index contributed by atoms with van der Waals surface area (Å²) < 4.78 is 5.47. The van der Waals surface area contributed by atoms with Gasteiger partial charge in [0, 0.05) is 31.4 Å². The van der Waals surface area contributed by atoms with Crippen molar-refractivity contribution in [3.05, 3.63) is 77.5 Å². The lowest BCUT2D eigenvalue weighted by Crippen LogP contribution is -2.38. The van der Waals surface area contributed by atoms with E-state index in [9.17, 15) is 4.79 Å². The van der Waals surface area contributed by atoms with Crippen molar-refractivity contribution in [3.8, 4) is 11.4 Å². The van der Waals surface area contributed by atoms with Crippen LogP contribution in [0.4, 0.5) is 5.82 Å². The Labute approximate surface area is 170 Å². The van der Waals surface area contributed by atoms with E-state index >= 15 is 0 Å². The van der Waals surface area contributed by atoms with Crippen LogP contribution in [0.2, 0.25) is 0 Å². The SMILES string of the molecule is Cc1cccc(-c2ncc(C(=O)NCc3ccccc3)c(N3CCOCC3)n2)c1. The second kappa shape index (κ2) is 8.84. The molecule has 4 rings (SSSR count). The largest absolute Gasteiger partial charge is 0.378 e. The van der Waals surface area contributed by atoms with Gasteiger partial charge in [0.1, 0.15) is 11.4 Å². The predicted octanol–water partition coefficient (Wildman–Crippen LogP) is 3.22.